The molecule has 3 aromatic rings. The maximum absolute atomic E-state index is 9.48. The van der Waals surface area contributed by atoms with Gasteiger partial charge < -0.3 is 5.31 Å². The van der Waals surface area contributed by atoms with Crippen molar-refractivity contribution in [3.05, 3.63) is 51.5 Å². The van der Waals surface area contributed by atoms with Gasteiger partial charge in [0.2, 0.25) is 0 Å². The van der Waals surface area contributed by atoms with Crippen molar-refractivity contribution >= 4 is 39.0 Å². The van der Waals surface area contributed by atoms with Crippen LogP contribution in [0, 0.1) is 18.3 Å². The molecule has 1 aromatic carbocycles. The highest BCUT2D eigenvalue weighted by molar-refractivity contribution is 7.22. The molecule has 1 saturated heterocycles. The van der Waals surface area contributed by atoms with Crippen molar-refractivity contribution in [2.45, 2.75) is 32.2 Å². The molecular weight excluding hydrogens is 378 g/mol. The highest BCUT2D eigenvalue weighted by atomic mass is 35.5. The lowest BCUT2D eigenvalue weighted by molar-refractivity contribution is 0.211. The Morgan fingerprint density at radius 3 is 3.15 bits per heavy atom. The minimum atomic E-state index is -3.99. The molecule has 0 radical (unpaired) electrons. The second kappa shape index (κ2) is 7.81. The smallest absolute Gasteiger partial charge is 0.162 e. The van der Waals surface area contributed by atoms with Gasteiger partial charge in [0.15, 0.2) is 1.41 Å². The summed E-state index contributed by atoms with van der Waals surface area (Å²) in [7, 11) is 0. The Labute approximate surface area is 188 Å². The zero-order chi connectivity index (χ0) is 32.2. The molecule has 4 rings (SSSR count). The Balaban J connectivity index is 2.03. The third-order valence-corrected chi connectivity index (χ3v) is 4.51. The number of piperidine rings is 1. The number of hydrogen-bond donors (Lipinski definition) is 1. The number of aryl methyl sites for hydroxylation is 1. The lowest BCUT2D eigenvalue weighted by atomic mass is 10.0. The molecule has 0 bridgehead atoms. The van der Waals surface area contributed by atoms with Crippen molar-refractivity contribution in [2.24, 2.45) is 0 Å². The fourth-order valence-corrected chi connectivity index (χ4v) is 3.12. The number of nitrogens with one attached hydrogen (secondary N) is 1. The summed E-state index contributed by atoms with van der Waals surface area (Å²) in [5.41, 5.74) is -1.36. The van der Waals surface area contributed by atoms with Crippen molar-refractivity contribution in [1.29, 1.82) is 5.26 Å². The number of thiophene rings is 1. The predicted molar refractivity (Wildman–Crippen MR) is 110 cm³/mol. The normalized spacial score (nSPS) is 33.0. The van der Waals surface area contributed by atoms with Crippen molar-refractivity contribution in [3.63, 3.8) is 0 Å². The summed E-state index contributed by atoms with van der Waals surface area (Å²) >= 11 is 6.77. The largest absolute Gasteiger partial charge is 0.367 e. The van der Waals surface area contributed by atoms with Gasteiger partial charge in [0, 0.05) is 39.2 Å². The number of aromatic nitrogens is 2. The lowest BCUT2D eigenvalue weighted by Crippen LogP contribution is -2.38. The van der Waals surface area contributed by atoms with Crippen LogP contribution in [0.1, 0.15) is 48.6 Å². The fourth-order valence-electron chi connectivity index (χ4n) is 2.14. The quantitative estimate of drug-likeness (QED) is 0.678. The fraction of sp³-hybridized carbons (Fsp3) is 0.350. The van der Waals surface area contributed by atoms with E-state index in [1.165, 1.54) is 6.92 Å². The second-order valence-corrected chi connectivity index (χ2v) is 6.82. The summed E-state index contributed by atoms with van der Waals surface area (Å²) in [6.45, 7) is -10.3. The number of nitriles is 1. The number of fused-ring (bicyclic) bond motifs is 1. The Hall–Kier alpha value is -2.20. The molecule has 1 aliphatic heterocycles. The number of likely N-dealkylation sites (tertiary alicyclic amines) is 1. The molecule has 3 heterocycles. The first-order valence-corrected chi connectivity index (χ1v) is 8.67. The molecule has 1 fully saturated rings. The minimum Gasteiger partial charge on any atom is -0.367 e. The van der Waals surface area contributed by atoms with E-state index in [1.54, 1.807) is 6.07 Å². The van der Waals surface area contributed by atoms with E-state index in [2.05, 4.69) is 9.97 Å². The van der Waals surface area contributed by atoms with Crippen molar-refractivity contribution < 1.29 is 20.6 Å². The zero-order valence-electron chi connectivity index (χ0n) is 28.7. The third-order valence-electron chi connectivity index (χ3n) is 3.40. The topological polar surface area (TPSA) is 64.8 Å². The zero-order valence-corrected chi connectivity index (χ0v) is 15.2. The number of halogens is 1. The Bertz CT molecular complexity index is 1620. The van der Waals surface area contributed by atoms with Crippen LogP contribution in [-0.4, -0.2) is 33.9 Å². The molecular formula is C20H20ClN5S. The van der Waals surface area contributed by atoms with Gasteiger partial charge in [-0.3, -0.25) is 4.90 Å². The van der Waals surface area contributed by atoms with E-state index in [9.17, 15) is 5.26 Å². The molecule has 0 unspecified atom stereocenters. The van der Waals surface area contributed by atoms with Crippen LogP contribution >= 0.6 is 22.9 Å². The number of nitrogens with zero attached hydrogens (tertiary/aromatic N) is 4. The van der Waals surface area contributed by atoms with Gasteiger partial charge >= 0.3 is 0 Å². The summed E-state index contributed by atoms with van der Waals surface area (Å²) in [5, 5.41) is 8.97. The van der Waals surface area contributed by atoms with Crippen molar-refractivity contribution in [2.75, 3.05) is 18.3 Å². The Morgan fingerprint density at radius 1 is 1.56 bits per heavy atom. The SMILES string of the molecule is [2H]c1cc(C)c(C#N)c([2H])c1C([2H])([2H])N1C([2H])([2H])C([2H])([2H])C([2H])(N([2H])c2ncnc3sc(Cl)c([2H])c23)C([2H])([2H])C1([2H])[2H]. The molecule has 27 heavy (non-hydrogen) atoms. The molecule has 0 atom stereocenters. The van der Waals surface area contributed by atoms with E-state index >= 15 is 0 Å². The average Bonchev–Trinajstić information content (AvgIpc) is 3.14. The summed E-state index contributed by atoms with van der Waals surface area (Å²) in [5.74, 6) is -0.752. The first kappa shape index (κ1) is 7.67. The van der Waals surface area contributed by atoms with Gasteiger partial charge in [-0.15, -0.1) is 11.3 Å². The van der Waals surface area contributed by atoms with Crippen LogP contribution in [0.2, 0.25) is 5.75 Å². The number of anilines is 1. The van der Waals surface area contributed by atoms with Gasteiger partial charge in [-0.1, -0.05) is 23.7 Å². The molecule has 2 aromatic heterocycles. The highest BCUT2D eigenvalue weighted by Crippen LogP contribution is 2.32. The van der Waals surface area contributed by atoms with Crippen LogP contribution in [0.5, 0.6) is 0 Å². The maximum atomic E-state index is 9.48. The molecule has 138 valence electrons. The monoisotopic (exact) mass is 412 g/mol. The minimum absolute atomic E-state index is 0.00428. The molecule has 7 heteroatoms. The highest BCUT2D eigenvalue weighted by Gasteiger charge is 2.20. The standard InChI is InChI=1S/C20H20ClN5S/c1-13-2-3-14(8-15(13)10-22)11-26-6-4-16(5-7-26)25-19-17-9-18(21)27-20(17)24-12-23-19/h2-3,8-9,12,16H,4-7,11H2,1H3,(H,23,24,25)/i3D,4D2,5D2,6D2,7D2,8D,9D,11D2,16D/hD. The van der Waals surface area contributed by atoms with Gasteiger partial charge in [-0.25, -0.2) is 9.97 Å². The van der Waals surface area contributed by atoms with E-state index in [0.29, 0.717) is 0 Å². The summed E-state index contributed by atoms with van der Waals surface area (Å²) in [4.78, 5) is 7.21. The summed E-state index contributed by atoms with van der Waals surface area (Å²) in [6, 6.07) is -3.36. The van der Waals surface area contributed by atoms with E-state index < -0.39 is 78.2 Å². The molecule has 0 spiro atoms. The van der Waals surface area contributed by atoms with Gasteiger partial charge in [0.1, 0.15) is 17.0 Å². The van der Waals surface area contributed by atoms with Gasteiger partial charge in [0.25, 0.3) is 0 Å². The van der Waals surface area contributed by atoms with Crippen LogP contribution in [0.25, 0.3) is 10.2 Å². The molecule has 1 N–H and O–H groups in total. The first-order chi connectivity index (χ1) is 19.0. The average molecular weight is 413 g/mol. The van der Waals surface area contributed by atoms with Crippen molar-refractivity contribution in [1.82, 2.24) is 14.9 Å². The Morgan fingerprint density at radius 2 is 2.37 bits per heavy atom. The van der Waals surface area contributed by atoms with Gasteiger partial charge in [-0.2, -0.15) is 5.26 Å². The lowest BCUT2D eigenvalue weighted by Gasteiger charge is -2.32. The number of rotatable bonds is 4. The molecule has 5 nitrogen and oxygen atoms in total. The molecule has 0 saturated carbocycles. The molecule has 1 aliphatic rings. The van der Waals surface area contributed by atoms with E-state index in [1.807, 2.05) is 0 Å². The number of benzene rings is 1. The van der Waals surface area contributed by atoms with E-state index in [4.69, 9.17) is 32.2 Å². The van der Waals surface area contributed by atoms with Gasteiger partial charge in [0.05, 0.1) is 26.8 Å². The summed E-state index contributed by atoms with van der Waals surface area (Å²) < 4.78 is 130. The van der Waals surface area contributed by atoms with Crippen LogP contribution in [0.15, 0.2) is 30.5 Å². The molecule has 0 aliphatic carbocycles. The summed E-state index contributed by atoms with van der Waals surface area (Å²) in [6.07, 6.45) is -7.13. The predicted octanol–water partition coefficient (Wildman–Crippen LogP) is 4.60. The first-order valence-electron chi connectivity index (χ1n) is 14.9. The van der Waals surface area contributed by atoms with Crippen LogP contribution in [0.3, 0.4) is 0 Å². The second-order valence-electron chi connectivity index (χ2n) is 5.22. The molecule has 0 amide bonds. The van der Waals surface area contributed by atoms with E-state index in [0.717, 1.165) is 23.7 Å². The number of hydrogen-bond acceptors (Lipinski definition) is 6. The van der Waals surface area contributed by atoms with E-state index in [-0.39, 0.29) is 25.4 Å². The third kappa shape index (κ3) is 4.06. The van der Waals surface area contributed by atoms with Crippen LogP contribution < -0.4 is 5.31 Å². The Kier molecular flexibility index (Phi) is 2.22. The van der Waals surface area contributed by atoms with Crippen LogP contribution in [0.4, 0.5) is 5.82 Å². The van der Waals surface area contributed by atoms with Crippen LogP contribution in [-0.2, 0) is 6.50 Å². The maximum Gasteiger partial charge on any atom is 0.162 e. The van der Waals surface area contributed by atoms with Gasteiger partial charge in [-0.05, 0) is 42.9 Å². The van der Waals surface area contributed by atoms with Crippen molar-refractivity contribution in [3.8, 4) is 6.07 Å².